The Balaban J connectivity index is 1.76. The molecule has 0 saturated heterocycles. The molecule has 0 saturated carbocycles. The Morgan fingerprint density at radius 1 is 1.21 bits per heavy atom. The molecule has 29 heavy (non-hydrogen) atoms. The van der Waals surface area contributed by atoms with Crippen LogP contribution in [0, 0.1) is 0 Å². The highest BCUT2D eigenvalue weighted by atomic mass is 28.3. The van der Waals surface area contributed by atoms with Gasteiger partial charge < -0.3 is 10.1 Å². The van der Waals surface area contributed by atoms with Crippen molar-refractivity contribution in [3.63, 3.8) is 0 Å². The van der Waals surface area contributed by atoms with Crippen molar-refractivity contribution in [1.82, 2.24) is 0 Å². The molecule has 3 aliphatic rings. The van der Waals surface area contributed by atoms with Crippen LogP contribution >= 0.6 is 0 Å². The monoisotopic (exact) mass is 406 g/mol. The molecule has 2 N–H and O–H groups in total. The molecule has 1 atom stereocenters. The molecule has 3 aliphatic heterocycles. The van der Waals surface area contributed by atoms with Crippen molar-refractivity contribution in [3.05, 3.63) is 46.1 Å². The Bertz CT molecular complexity index is 1110. The van der Waals surface area contributed by atoms with E-state index in [4.69, 9.17) is 9.73 Å². The summed E-state index contributed by atoms with van der Waals surface area (Å²) in [5.74, 6) is 0. The van der Waals surface area contributed by atoms with Crippen LogP contribution in [0.2, 0.25) is 11.6 Å². The Morgan fingerprint density at radius 3 is 2.93 bits per heavy atom. The zero-order valence-electron chi connectivity index (χ0n) is 17.2. The van der Waals surface area contributed by atoms with Crippen LogP contribution in [0.3, 0.4) is 0 Å². The van der Waals surface area contributed by atoms with Crippen molar-refractivity contribution < 1.29 is 14.5 Å². The summed E-state index contributed by atoms with van der Waals surface area (Å²) in [5, 5.41) is 8.90. The van der Waals surface area contributed by atoms with Crippen LogP contribution in [0.1, 0.15) is 31.4 Å². The molecule has 0 fully saturated rings. The second-order valence-corrected chi connectivity index (χ2v) is 13.4. The molecule has 6 heteroatoms. The van der Waals surface area contributed by atoms with E-state index in [1.807, 2.05) is 0 Å². The molecule has 0 amide bonds. The average molecular weight is 407 g/mol. The molecule has 150 valence electrons. The number of carbonyl (C=O) groups excluding carboxylic acids is 1. The molecule has 3 heterocycles. The molecule has 0 aliphatic carbocycles. The Morgan fingerprint density at radius 2 is 2.10 bits per heavy atom. The molecule has 0 aromatic heterocycles. The van der Waals surface area contributed by atoms with Crippen LogP contribution in [0.5, 0.6) is 0 Å². The molecule has 0 spiro atoms. The number of nitrogens with zero attached hydrogens (tertiary/aromatic N) is 1. The van der Waals surface area contributed by atoms with Crippen molar-refractivity contribution in [2.75, 3.05) is 25.0 Å². The van der Waals surface area contributed by atoms with Gasteiger partial charge in [-0.3, -0.25) is 4.79 Å². The third-order valence-electron chi connectivity index (χ3n) is 6.95. The second-order valence-electron chi connectivity index (χ2n) is 8.71. The largest absolute Gasteiger partial charge is 0.468 e. The van der Waals surface area contributed by atoms with E-state index in [9.17, 15) is 4.79 Å². The minimum Gasteiger partial charge on any atom is -0.468 e. The van der Waals surface area contributed by atoms with Gasteiger partial charge in [0.25, 0.3) is 6.47 Å². The van der Waals surface area contributed by atoms with Crippen LogP contribution in [-0.4, -0.2) is 34.2 Å². The third kappa shape index (κ3) is 2.84. The van der Waals surface area contributed by atoms with Gasteiger partial charge in [-0.15, -0.1) is 0 Å². The van der Waals surface area contributed by atoms with Gasteiger partial charge in [-0.25, -0.2) is 9.98 Å². The Labute approximate surface area is 171 Å². The summed E-state index contributed by atoms with van der Waals surface area (Å²) in [4.78, 5) is 19.4. The van der Waals surface area contributed by atoms with Gasteiger partial charge in [0.15, 0.2) is 0 Å². The predicted molar refractivity (Wildman–Crippen MR) is 116 cm³/mol. The highest BCUT2D eigenvalue weighted by Gasteiger charge is 2.45. The number of benzene rings is 2. The van der Waals surface area contributed by atoms with Crippen LogP contribution < -0.4 is 31.4 Å². The van der Waals surface area contributed by atoms with Crippen molar-refractivity contribution in [3.8, 4) is 0 Å². The van der Waals surface area contributed by atoms with Gasteiger partial charge in [-0.05, 0) is 58.6 Å². The van der Waals surface area contributed by atoms with Crippen molar-refractivity contribution >= 4 is 36.3 Å². The lowest BCUT2D eigenvalue weighted by atomic mass is 10.1. The highest BCUT2D eigenvalue weighted by Crippen LogP contribution is 2.34. The first-order valence-corrected chi connectivity index (χ1v) is 13.0. The summed E-state index contributed by atoms with van der Waals surface area (Å²) in [6, 6.07) is 10.5. The molecule has 0 bridgehead atoms. The van der Waals surface area contributed by atoms with Crippen LogP contribution in [0.15, 0.2) is 29.3 Å². The van der Waals surface area contributed by atoms with Crippen molar-refractivity contribution in [2.45, 2.75) is 44.7 Å². The lowest BCUT2D eigenvalue weighted by Crippen LogP contribution is -2.75. The summed E-state index contributed by atoms with van der Waals surface area (Å²) in [7, 11) is -2.11. The molecular formula is C23H28N3O2Si+. The standard InChI is InChI=1S/C23H27N3O2Si/c1-15(2)29(9-3-8-28-14-27)22-12-18-16(4-6-24-18)10-20(22)26-21-11-17-5-7-25-19(17)13-23(21)29/h10-15,24H,3-9H2,1-2H3/p+1. The number of anilines is 1. The quantitative estimate of drug-likeness (QED) is 0.394. The number of carbonyl (C=O) groups is 1. The Kier molecular flexibility index (Phi) is 4.54. The smallest absolute Gasteiger partial charge is 0.293 e. The van der Waals surface area contributed by atoms with Crippen molar-refractivity contribution in [2.24, 2.45) is 4.99 Å². The third-order valence-corrected chi connectivity index (χ3v) is 12.8. The van der Waals surface area contributed by atoms with E-state index in [0.717, 1.165) is 38.4 Å². The van der Waals surface area contributed by atoms with Crippen molar-refractivity contribution in [1.29, 1.82) is 0 Å². The van der Waals surface area contributed by atoms with Crippen LogP contribution in [-0.2, 0) is 22.4 Å². The van der Waals surface area contributed by atoms with Gasteiger partial charge >= 0.3 is 0 Å². The maximum absolute atomic E-state index is 10.7. The number of hydrogen-bond donors (Lipinski definition) is 2. The fourth-order valence-electron chi connectivity index (χ4n) is 5.51. The number of fused-ring (bicyclic) bond motifs is 4. The minimum atomic E-state index is -2.11. The lowest BCUT2D eigenvalue weighted by Gasteiger charge is -2.39. The zero-order chi connectivity index (χ0) is 20.0. The average Bonchev–Trinajstić information content (AvgIpc) is 3.35. The van der Waals surface area contributed by atoms with E-state index in [-0.39, 0.29) is 0 Å². The van der Waals surface area contributed by atoms with Crippen LogP contribution in [0.4, 0.5) is 11.4 Å². The van der Waals surface area contributed by atoms with Gasteiger partial charge in [0.2, 0.25) is 5.36 Å². The van der Waals surface area contributed by atoms with E-state index in [1.165, 1.54) is 43.6 Å². The highest BCUT2D eigenvalue weighted by molar-refractivity contribution is 7.04. The normalized spacial score (nSPS) is 20.7. The zero-order valence-corrected chi connectivity index (χ0v) is 18.2. The summed E-state index contributed by atoms with van der Waals surface area (Å²) in [6.07, 6.45) is 3.03. The number of rotatable bonds is 6. The molecule has 1 unspecified atom stereocenters. The first kappa shape index (κ1) is 18.5. The lowest BCUT2D eigenvalue weighted by molar-refractivity contribution is -0.490. The predicted octanol–water partition coefficient (Wildman–Crippen LogP) is -0.288. The van der Waals surface area contributed by atoms with Gasteiger partial charge in [0, 0.05) is 30.3 Å². The summed E-state index contributed by atoms with van der Waals surface area (Å²) in [5.41, 5.74) is 5.74. The van der Waals surface area contributed by atoms with Gasteiger partial charge in [-0.2, -0.15) is 0 Å². The number of hydrogen-bond acceptors (Lipinski definition) is 4. The van der Waals surface area contributed by atoms with E-state index >= 15 is 0 Å². The van der Waals surface area contributed by atoms with E-state index < -0.39 is 8.07 Å². The topological polar surface area (TPSA) is 64.7 Å². The first-order valence-electron chi connectivity index (χ1n) is 10.7. The van der Waals surface area contributed by atoms with Gasteiger partial charge in [-0.1, -0.05) is 13.8 Å². The number of ether oxygens (including phenoxy) is 1. The molecule has 0 radical (unpaired) electrons. The van der Waals surface area contributed by atoms with E-state index in [1.54, 1.807) is 0 Å². The number of nitrogens with one attached hydrogen (secondary N) is 2. The van der Waals surface area contributed by atoms with Gasteiger partial charge in [0.05, 0.1) is 17.7 Å². The maximum atomic E-state index is 10.7. The Hall–Kier alpha value is -2.47. The second kappa shape index (κ2) is 7.09. The molecular weight excluding hydrogens is 378 g/mol. The SMILES string of the molecule is CC(C)[Si]1(CCCOC=O)c2cc3c(cc2N=c2cc4c(cc21)=[NH+]CC4)CCN3. The molecule has 2 aromatic carbocycles. The maximum Gasteiger partial charge on any atom is 0.293 e. The van der Waals surface area contributed by atoms with Gasteiger partial charge in [0.1, 0.15) is 14.6 Å². The fourth-order valence-corrected chi connectivity index (χ4v) is 10.8. The minimum absolute atomic E-state index is 0.485. The van der Waals surface area contributed by atoms with E-state index in [0.29, 0.717) is 18.6 Å². The molecule has 5 nitrogen and oxygen atoms in total. The van der Waals surface area contributed by atoms with E-state index in [2.05, 4.69) is 48.4 Å². The molecule has 5 rings (SSSR count). The molecule has 2 aromatic rings. The first-order chi connectivity index (χ1) is 14.1. The fraction of sp³-hybridized carbons (Fsp3) is 0.435. The summed E-state index contributed by atoms with van der Waals surface area (Å²) in [6.45, 7) is 7.80. The van der Waals surface area contributed by atoms with Crippen LogP contribution in [0.25, 0.3) is 0 Å². The summed E-state index contributed by atoms with van der Waals surface area (Å²) < 4.78 is 5.07. The summed E-state index contributed by atoms with van der Waals surface area (Å²) >= 11 is 0.